The van der Waals surface area contributed by atoms with Gasteiger partial charge in [0.1, 0.15) is 6.26 Å². The Balaban J connectivity index is 1.89. The lowest BCUT2D eigenvalue weighted by Crippen LogP contribution is -2.11. The van der Waals surface area contributed by atoms with Crippen molar-refractivity contribution in [2.45, 2.75) is 0 Å². The normalized spacial score (nSPS) is 10.6. The number of anilines is 1. The monoisotopic (exact) mass is 316 g/mol. The van der Waals surface area contributed by atoms with Crippen molar-refractivity contribution in [1.82, 2.24) is 5.16 Å². The zero-order valence-corrected chi connectivity index (χ0v) is 11.3. The number of hydrogen-bond donors (Lipinski definition) is 1. The topological polar surface area (TPSA) is 55.1 Å². The first-order valence-electron chi connectivity index (χ1n) is 5.63. The largest absolute Gasteiger partial charge is 0.364 e. The highest BCUT2D eigenvalue weighted by Gasteiger charge is 2.09. The summed E-state index contributed by atoms with van der Waals surface area (Å²) in [5.74, 6) is -0.287. The first-order valence-corrected chi connectivity index (χ1v) is 6.43. The van der Waals surface area contributed by atoms with Crippen LogP contribution in [-0.2, 0) is 0 Å². The number of carbonyl (C=O) groups excluding carboxylic acids is 1. The Morgan fingerprint density at radius 2 is 1.89 bits per heavy atom. The molecule has 0 aliphatic rings. The van der Waals surface area contributed by atoms with Crippen LogP contribution in [0.3, 0.4) is 0 Å². The molecule has 0 radical (unpaired) electrons. The van der Waals surface area contributed by atoms with E-state index in [1.165, 1.54) is 12.3 Å². The number of amides is 1. The number of halogens is 1. The van der Waals surface area contributed by atoms with Gasteiger partial charge in [-0.3, -0.25) is 4.79 Å². The minimum Gasteiger partial charge on any atom is -0.364 e. The van der Waals surface area contributed by atoms with E-state index in [4.69, 9.17) is 0 Å². The number of carbonyl (C=O) groups is 1. The Kier molecular flexibility index (Phi) is 3.05. The second-order valence-corrected chi connectivity index (χ2v) is 4.96. The van der Waals surface area contributed by atoms with Gasteiger partial charge >= 0.3 is 0 Å². The maximum absolute atomic E-state index is 11.8. The third-order valence-corrected chi connectivity index (χ3v) is 3.22. The highest BCUT2D eigenvalue weighted by molar-refractivity contribution is 9.10. The Morgan fingerprint density at radius 3 is 2.68 bits per heavy atom. The number of aromatic nitrogens is 1. The minimum atomic E-state index is -0.287. The van der Waals surface area contributed by atoms with E-state index >= 15 is 0 Å². The van der Waals surface area contributed by atoms with Gasteiger partial charge in [-0.1, -0.05) is 33.2 Å². The highest BCUT2D eigenvalue weighted by atomic mass is 79.9. The van der Waals surface area contributed by atoms with Crippen LogP contribution in [0, 0.1) is 0 Å². The lowest BCUT2D eigenvalue weighted by Gasteiger charge is -2.05. The van der Waals surface area contributed by atoms with Crippen molar-refractivity contribution < 1.29 is 9.32 Å². The van der Waals surface area contributed by atoms with Gasteiger partial charge in [0.2, 0.25) is 0 Å². The molecule has 1 heterocycles. The van der Waals surface area contributed by atoms with Gasteiger partial charge in [0.05, 0.1) is 0 Å². The number of nitrogens with zero attached hydrogens (tertiary/aromatic N) is 1. The van der Waals surface area contributed by atoms with Gasteiger partial charge in [-0.15, -0.1) is 0 Å². The fourth-order valence-corrected chi connectivity index (χ4v) is 2.20. The minimum absolute atomic E-state index is 0.260. The molecule has 5 heteroatoms. The predicted molar refractivity (Wildman–Crippen MR) is 76.1 cm³/mol. The quantitative estimate of drug-likeness (QED) is 0.781. The smallest absolute Gasteiger partial charge is 0.277 e. The average Bonchev–Trinajstić information content (AvgIpc) is 2.93. The predicted octanol–water partition coefficient (Wildman–Crippen LogP) is 3.84. The fraction of sp³-hybridized carbons (Fsp3) is 0. The first kappa shape index (κ1) is 11.9. The van der Waals surface area contributed by atoms with E-state index in [0.717, 1.165) is 20.9 Å². The van der Waals surface area contributed by atoms with Crippen LogP contribution in [-0.4, -0.2) is 11.1 Å². The molecule has 1 amide bonds. The Bertz CT molecular complexity index is 738. The van der Waals surface area contributed by atoms with Gasteiger partial charge in [0.15, 0.2) is 5.69 Å². The van der Waals surface area contributed by atoms with Gasteiger partial charge in [0.25, 0.3) is 5.91 Å². The average molecular weight is 317 g/mol. The van der Waals surface area contributed by atoms with Gasteiger partial charge in [-0.2, -0.15) is 0 Å². The van der Waals surface area contributed by atoms with Gasteiger partial charge in [-0.05, 0) is 35.0 Å². The molecule has 1 N–H and O–H groups in total. The van der Waals surface area contributed by atoms with Crippen molar-refractivity contribution in [3.63, 3.8) is 0 Å². The molecular weight excluding hydrogens is 308 g/mol. The molecule has 19 heavy (non-hydrogen) atoms. The molecule has 0 bridgehead atoms. The van der Waals surface area contributed by atoms with Crippen LogP contribution in [0.5, 0.6) is 0 Å². The van der Waals surface area contributed by atoms with Crippen LogP contribution in [0.15, 0.2) is 57.7 Å². The molecule has 0 unspecified atom stereocenters. The van der Waals surface area contributed by atoms with Crippen molar-refractivity contribution in [2.75, 3.05) is 5.32 Å². The molecule has 3 rings (SSSR count). The van der Waals surface area contributed by atoms with Gasteiger partial charge in [-0.25, -0.2) is 0 Å². The van der Waals surface area contributed by atoms with E-state index in [1.807, 2.05) is 36.4 Å². The standard InChI is InChI=1S/C14H9BrN2O2/c15-11-3-1-10-8-12(4-2-9(10)7-11)16-14(18)13-5-6-19-17-13/h1-8H,(H,16,18). The van der Waals surface area contributed by atoms with Crippen LogP contribution >= 0.6 is 15.9 Å². The third-order valence-electron chi connectivity index (χ3n) is 2.73. The number of nitrogens with one attached hydrogen (secondary N) is 1. The van der Waals surface area contributed by atoms with Crippen LogP contribution in [0.4, 0.5) is 5.69 Å². The summed E-state index contributed by atoms with van der Waals surface area (Å²) >= 11 is 3.43. The van der Waals surface area contributed by atoms with Crippen molar-refractivity contribution in [1.29, 1.82) is 0 Å². The van der Waals surface area contributed by atoms with Crippen LogP contribution in [0.25, 0.3) is 10.8 Å². The maximum Gasteiger partial charge on any atom is 0.277 e. The molecule has 0 atom stereocenters. The zero-order valence-electron chi connectivity index (χ0n) is 9.76. The molecule has 0 aliphatic heterocycles. The maximum atomic E-state index is 11.8. The van der Waals surface area contributed by atoms with Crippen molar-refractivity contribution in [2.24, 2.45) is 0 Å². The summed E-state index contributed by atoms with van der Waals surface area (Å²) in [5.41, 5.74) is 0.985. The van der Waals surface area contributed by atoms with E-state index in [1.54, 1.807) is 0 Å². The summed E-state index contributed by atoms with van der Waals surface area (Å²) in [6, 6.07) is 13.2. The van der Waals surface area contributed by atoms with Crippen LogP contribution < -0.4 is 5.32 Å². The Morgan fingerprint density at radius 1 is 1.11 bits per heavy atom. The number of hydrogen-bond acceptors (Lipinski definition) is 3. The molecule has 0 fully saturated rings. The summed E-state index contributed by atoms with van der Waals surface area (Å²) in [6.07, 6.45) is 1.37. The molecular formula is C14H9BrN2O2. The van der Waals surface area contributed by atoms with E-state index in [0.29, 0.717) is 0 Å². The van der Waals surface area contributed by atoms with E-state index in [9.17, 15) is 4.79 Å². The molecule has 0 saturated heterocycles. The zero-order chi connectivity index (χ0) is 13.2. The summed E-state index contributed by atoms with van der Waals surface area (Å²) in [5, 5.41) is 8.53. The number of benzene rings is 2. The van der Waals surface area contributed by atoms with Crippen molar-refractivity contribution in [3.8, 4) is 0 Å². The molecule has 94 valence electrons. The second kappa shape index (κ2) is 4.85. The summed E-state index contributed by atoms with van der Waals surface area (Å²) in [7, 11) is 0. The lowest BCUT2D eigenvalue weighted by molar-refractivity contribution is 0.101. The molecule has 4 nitrogen and oxygen atoms in total. The lowest BCUT2D eigenvalue weighted by atomic mass is 10.1. The summed E-state index contributed by atoms with van der Waals surface area (Å²) < 4.78 is 5.67. The molecule has 3 aromatic rings. The first-order chi connectivity index (χ1) is 9.22. The summed E-state index contributed by atoms with van der Waals surface area (Å²) in [4.78, 5) is 11.8. The summed E-state index contributed by atoms with van der Waals surface area (Å²) in [6.45, 7) is 0. The van der Waals surface area contributed by atoms with E-state index < -0.39 is 0 Å². The van der Waals surface area contributed by atoms with Crippen molar-refractivity contribution in [3.05, 3.63) is 58.9 Å². The van der Waals surface area contributed by atoms with Crippen molar-refractivity contribution >= 4 is 38.3 Å². The van der Waals surface area contributed by atoms with E-state index in [-0.39, 0.29) is 11.6 Å². The molecule has 0 spiro atoms. The van der Waals surface area contributed by atoms with Crippen LogP contribution in [0.1, 0.15) is 10.5 Å². The van der Waals surface area contributed by atoms with Gasteiger partial charge in [0, 0.05) is 16.2 Å². The van der Waals surface area contributed by atoms with E-state index in [2.05, 4.69) is 30.9 Å². The second-order valence-electron chi connectivity index (χ2n) is 4.05. The SMILES string of the molecule is O=C(Nc1ccc2cc(Br)ccc2c1)c1ccon1. The fourth-order valence-electron chi connectivity index (χ4n) is 1.82. The Hall–Kier alpha value is -2.14. The molecule has 0 saturated carbocycles. The molecule has 1 aromatic heterocycles. The number of fused-ring (bicyclic) bond motifs is 1. The highest BCUT2D eigenvalue weighted by Crippen LogP contribution is 2.23. The van der Waals surface area contributed by atoms with Crippen LogP contribution in [0.2, 0.25) is 0 Å². The Labute approximate surface area is 117 Å². The molecule has 0 aliphatic carbocycles. The molecule has 2 aromatic carbocycles. The van der Waals surface area contributed by atoms with Gasteiger partial charge < -0.3 is 9.84 Å². The third kappa shape index (κ3) is 2.51. The number of rotatable bonds is 2.